The summed E-state index contributed by atoms with van der Waals surface area (Å²) < 4.78 is 1.66. The zero-order valence-corrected chi connectivity index (χ0v) is 16.6. The molecule has 6 heteroatoms. The Bertz CT molecular complexity index is 932. The van der Waals surface area contributed by atoms with Gasteiger partial charge in [0.25, 0.3) is 5.91 Å². The second-order valence-electron chi connectivity index (χ2n) is 6.96. The number of aromatic nitrogens is 2. The van der Waals surface area contributed by atoms with E-state index in [1.165, 1.54) is 0 Å². The smallest absolute Gasteiger partial charge is 0.277 e. The molecular formula is C21H23N3O2S. The van der Waals surface area contributed by atoms with E-state index in [1.54, 1.807) is 34.3 Å². The fraction of sp³-hybridized carbons (Fsp3) is 0.286. The van der Waals surface area contributed by atoms with E-state index < -0.39 is 5.54 Å². The summed E-state index contributed by atoms with van der Waals surface area (Å²) in [6.45, 7) is 9.72. The molecular weight excluding hydrogens is 358 g/mol. The van der Waals surface area contributed by atoms with Gasteiger partial charge in [-0.05, 0) is 43.9 Å². The van der Waals surface area contributed by atoms with Gasteiger partial charge in [-0.2, -0.15) is 5.10 Å². The van der Waals surface area contributed by atoms with Crippen molar-refractivity contribution in [3.8, 4) is 0 Å². The Labute approximate surface area is 163 Å². The Kier molecular flexibility index (Phi) is 5.37. The van der Waals surface area contributed by atoms with Crippen LogP contribution in [-0.4, -0.2) is 27.5 Å². The SMILES string of the molecule is C=C/C=C\SCc1cc2n(n1)CC(C)(C=O)N(c1ccc(C)cc1C)C2=O. The predicted molar refractivity (Wildman–Crippen MR) is 110 cm³/mol. The fourth-order valence-corrected chi connectivity index (χ4v) is 3.96. The fourth-order valence-electron chi connectivity index (χ4n) is 3.33. The van der Waals surface area contributed by atoms with Crippen LogP contribution in [0.4, 0.5) is 5.69 Å². The van der Waals surface area contributed by atoms with Crippen LogP contribution in [0.25, 0.3) is 0 Å². The summed E-state index contributed by atoms with van der Waals surface area (Å²) in [5.41, 5.74) is 3.19. The number of aryl methyl sites for hydroxylation is 2. The lowest BCUT2D eigenvalue weighted by Gasteiger charge is -2.41. The topological polar surface area (TPSA) is 55.2 Å². The Morgan fingerprint density at radius 2 is 2.11 bits per heavy atom. The van der Waals surface area contributed by atoms with Crippen LogP contribution in [0.5, 0.6) is 0 Å². The number of carbonyl (C=O) groups is 2. The minimum atomic E-state index is -0.983. The summed E-state index contributed by atoms with van der Waals surface area (Å²) in [5, 5.41) is 6.47. The number of aldehydes is 1. The Morgan fingerprint density at radius 3 is 2.78 bits per heavy atom. The number of allylic oxidation sites excluding steroid dienone is 2. The highest BCUT2D eigenvalue weighted by molar-refractivity contribution is 8.01. The number of amides is 1. The Morgan fingerprint density at radius 1 is 1.33 bits per heavy atom. The van der Waals surface area contributed by atoms with E-state index in [0.717, 1.165) is 28.8 Å². The van der Waals surface area contributed by atoms with E-state index in [0.29, 0.717) is 18.0 Å². The number of hydrogen-bond donors (Lipinski definition) is 0. The highest BCUT2D eigenvalue weighted by Crippen LogP contribution is 2.34. The third kappa shape index (κ3) is 3.62. The minimum Gasteiger partial charge on any atom is -0.301 e. The van der Waals surface area contributed by atoms with E-state index in [1.807, 2.05) is 49.6 Å². The molecule has 1 unspecified atom stereocenters. The van der Waals surface area contributed by atoms with Crippen LogP contribution in [0, 0.1) is 13.8 Å². The molecule has 1 aromatic carbocycles. The molecule has 1 aliphatic rings. The quantitative estimate of drug-likeness (QED) is 0.559. The van der Waals surface area contributed by atoms with E-state index in [-0.39, 0.29) is 5.91 Å². The number of thioether (sulfide) groups is 1. The largest absolute Gasteiger partial charge is 0.301 e. The van der Waals surface area contributed by atoms with Crippen LogP contribution < -0.4 is 4.90 Å². The zero-order chi connectivity index (χ0) is 19.6. The summed E-state index contributed by atoms with van der Waals surface area (Å²) in [5.74, 6) is 0.451. The Balaban J connectivity index is 1.99. The van der Waals surface area contributed by atoms with Gasteiger partial charge in [-0.1, -0.05) is 36.4 Å². The molecule has 1 amide bonds. The summed E-state index contributed by atoms with van der Waals surface area (Å²) in [6.07, 6.45) is 4.42. The van der Waals surface area contributed by atoms with Crippen molar-refractivity contribution >= 4 is 29.6 Å². The molecule has 0 spiro atoms. The number of benzene rings is 1. The molecule has 1 aromatic heterocycles. The van der Waals surface area contributed by atoms with Crippen molar-refractivity contribution in [3.05, 3.63) is 70.9 Å². The number of anilines is 1. The maximum absolute atomic E-state index is 13.3. The first-order valence-corrected chi connectivity index (χ1v) is 9.78. The molecule has 0 radical (unpaired) electrons. The summed E-state index contributed by atoms with van der Waals surface area (Å²) in [6, 6.07) is 7.71. The average Bonchev–Trinajstić information content (AvgIpc) is 3.03. The van der Waals surface area contributed by atoms with E-state index in [4.69, 9.17) is 0 Å². The predicted octanol–water partition coefficient (Wildman–Crippen LogP) is 4.05. The molecule has 0 bridgehead atoms. The minimum absolute atomic E-state index is 0.201. The lowest BCUT2D eigenvalue weighted by atomic mass is 9.95. The van der Waals surface area contributed by atoms with Gasteiger partial charge < -0.3 is 4.79 Å². The van der Waals surface area contributed by atoms with Crippen molar-refractivity contribution in [1.82, 2.24) is 9.78 Å². The lowest BCUT2D eigenvalue weighted by molar-refractivity contribution is -0.112. The lowest BCUT2D eigenvalue weighted by Crippen LogP contribution is -2.58. The van der Waals surface area contributed by atoms with E-state index in [2.05, 4.69) is 11.7 Å². The van der Waals surface area contributed by atoms with Crippen molar-refractivity contribution in [2.75, 3.05) is 4.90 Å². The first-order valence-electron chi connectivity index (χ1n) is 8.73. The van der Waals surface area contributed by atoms with Gasteiger partial charge in [-0.25, -0.2) is 0 Å². The maximum atomic E-state index is 13.3. The average molecular weight is 382 g/mol. The molecule has 1 atom stereocenters. The highest BCUT2D eigenvalue weighted by Gasteiger charge is 2.44. The summed E-state index contributed by atoms with van der Waals surface area (Å²) >= 11 is 1.58. The molecule has 0 aliphatic carbocycles. The number of hydrogen-bond acceptors (Lipinski definition) is 4. The van der Waals surface area contributed by atoms with Crippen LogP contribution in [0.2, 0.25) is 0 Å². The molecule has 0 saturated carbocycles. The molecule has 5 nitrogen and oxygen atoms in total. The molecule has 140 valence electrons. The summed E-state index contributed by atoms with van der Waals surface area (Å²) in [7, 11) is 0. The molecule has 3 rings (SSSR count). The second-order valence-corrected chi connectivity index (χ2v) is 7.85. The van der Waals surface area contributed by atoms with Crippen molar-refractivity contribution in [2.45, 2.75) is 38.6 Å². The van der Waals surface area contributed by atoms with Crippen LogP contribution >= 0.6 is 11.8 Å². The monoisotopic (exact) mass is 381 g/mol. The first kappa shape index (κ1) is 19.2. The normalized spacial score (nSPS) is 19.4. The van der Waals surface area contributed by atoms with E-state index >= 15 is 0 Å². The van der Waals surface area contributed by atoms with Crippen molar-refractivity contribution in [3.63, 3.8) is 0 Å². The van der Waals surface area contributed by atoms with Gasteiger partial charge in [0.05, 0.1) is 12.2 Å². The van der Waals surface area contributed by atoms with Crippen LogP contribution in [-0.2, 0) is 17.1 Å². The molecule has 0 fully saturated rings. The van der Waals surface area contributed by atoms with Gasteiger partial charge in [-0.3, -0.25) is 14.4 Å². The second kappa shape index (κ2) is 7.56. The standard InChI is InChI=1S/C21H23N3O2S/c1-5-6-9-27-12-17-11-19-20(26)24(18-8-7-15(2)10-16(18)3)21(4,14-25)13-23(19)22-17/h5-11,14H,1,12-13H2,2-4H3/b9-6-. The molecule has 1 aliphatic heterocycles. The number of nitrogens with zero attached hydrogens (tertiary/aromatic N) is 3. The van der Waals surface area contributed by atoms with Crippen molar-refractivity contribution in [2.24, 2.45) is 0 Å². The van der Waals surface area contributed by atoms with Gasteiger partial charge in [0.2, 0.25) is 0 Å². The highest BCUT2D eigenvalue weighted by atomic mass is 32.2. The van der Waals surface area contributed by atoms with Gasteiger partial charge >= 0.3 is 0 Å². The van der Waals surface area contributed by atoms with Crippen LogP contribution in [0.3, 0.4) is 0 Å². The number of rotatable bonds is 6. The number of fused-ring (bicyclic) bond motifs is 1. The molecule has 0 N–H and O–H groups in total. The van der Waals surface area contributed by atoms with Crippen molar-refractivity contribution in [1.29, 1.82) is 0 Å². The first-order chi connectivity index (χ1) is 12.9. The van der Waals surface area contributed by atoms with Gasteiger partial charge in [-0.15, -0.1) is 11.8 Å². The molecule has 0 saturated heterocycles. The number of carbonyl (C=O) groups excluding carboxylic acids is 2. The molecule has 27 heavy (non-hydrogen) atoms. The Hall–Kier alpha value is -2.60. The van der Waals surface area contributed by atoms with Gasteiger partial charge in [0, 0.05) is 11.4 Å². The maximum Gasteiger partial charge on any atom is 0.277 e. The molecule has 2 aromatic rings. The van der Waals surface area contributed by atoms with Crippen LogP contribution in [0.15, 0.2) is 48.4 Å². The third-order valence-electron chi connectivity index (χ3n) is 4.62. The van der Waals surface area contributed by atoms with Gasteiger partial charge in [0.15, 0.2) is 0 Å². The zero-order valence-electron chi connectivity index (χ0n) is 15.8. The third-order valence-corrected chi connectivity index (χ3v) is 5.43. The molecule has 2 heterocycles. The van der Waals surface area contributed by atoms with Crippen LogP contribution in [0.1, 0.15) is 34.2 Å². The van der Waals surface area contributed by atoms with Crippen molar-refractivity contribution < 1.29 is 9.59 Å². The van der Waals surface area contributed by atoms with E-state index in [9.17, 15) is 9.59 Å². The summed E-state index contributed by atoms with van der Waals surface area (Å²) in [4.78, 5) is 26.9. The van der Waals surface area contributed by atoms with Gasteiger partial charge in [0.1, 0.15) is 17.5 Å².